The molecule has 0 aliphatic heterocycles. The minimum atomic E-state index is 1.04. The molecule has 3 heteroatoms. The molecule has 0 atom stereocenters. The summed E-state index contributed by atoms with van der Waals surface area (Å²) in [5, 5.41) is 4.07. The van der Waals surface area contributed by atoms with Crippen molar-refractivity contribution in [2.45, 2.75) is 206 Å². The Morgan fingerprint density at radius 2 is 0.462 bits per heavy atom. The summed E-state index contributed by atoms with van der Waals surface area (Å²) < 4.78 is 0. The van der Waals surface area contributed by atoms with E-state index in [9.17, 15) is 0 Å². The minimum Gasteiger partial charge on any atom is -0.209 e. The highest BCUT2D eigenvalue weighted by Gasteiger charge is 2.04. The highest BCUT2D eigenvalue weighted by molar-refractivity contribution is 4.52. The molecule has 0 fully saturated rings. The first-order chi connectivity index (χ1) is 19.2. The van der Waals surface area contributed by atoms with Crippen LogP contribution in [0.4, 0.5) is 0 Å². The predicted molar refractivity (Wildman–Crippen MR) is 176 cm³/mol. The van der Waals surface area contributed by atoms with E-state index in [1.807, 2.05) is 10.1 Å². The SMILES string of the molecule is CCCCCCCCCCCCCCCCCN(C)ON(C)CCCCCCCCCCCCCCCCC. The molecule has 0 aromatic carbocycles. The topological polar surface area (TPSA) is 15.7 Å². The molecule has 0 bridgehead atoms. The summed E-state index contributed by atoms with van der Waals surface area (Å²) in [6.45, 7) is 6.69. The second kappa shape index (κ2) is 34.1. The van der Waals surface area contributed by atoms with Crippen molar-refractivity contribution in [3.63, 3.8) is 0 Å². The zero-order chi connectivity index (χ0) is 28.5. The molecule has 0 heterocycles. The molecule has 0 amide bonds. The summed E-state index contributed by atoms with van der Waals surface area (Å²) in [7, 11) is 4.18. The second-order valence-corrected chi connectivity index (χ2v) is 12.7. The number of rotatable bonds is 34. The fraction of sp³-hybridized carbons (Fsp3) is 1.00. The average Bonchev–Trinajstić information content (AvgIpc) is 2.93. The first-order valence-electron chi connectivity index (χ1n) is 18.3. The first-order valence-corrected chi connectivity index (χ1v) is 18.3. The molecule has 0 unspecified atom stereocenters. The standard InChI is InChI=1S/C36H76N2O/c1-5-7-9-11-13-15-17-19-21-23-25-27-29-31-33-35-37(3)39-38(4)36-34-32-30-28-26-24-22-20-18-16-14-12-10-8-6-2/h5-36H2,1-4H3. The van der Waals surface area contributed by atoms with E-state index in [4.69, 9.17) is 4.94 Å². The maximum absolute atomic E-state index is 5.96. The van der Waals surface area contributed by atoms with Gasteiger partial charge in [-0.25, -0.2) is 4.94 Å². The van der Waals surface area contributed by atoms with Crippen LogP contribution in [-0.4, -0.2) is 37.3 Å². The van der Waals surface area contributed by atoms with Crippen LogP contribution in [0.15, 0.2) is 0 Å². The van der Waals surface area contributed by atoms with Gasteiger partial charge in [-0.2, -0.15) is 10.1 Å². The van der Waals surface area contributed by atoms with Gasteiger partial charge in [-0.15, -0.1) is 0 Å². The van der Waals surface area contributed by atoms with Crippen LogP contribution in [0.1, 0.15) is 206 Å². The van der Waals surface area contributed by atoms with Crippen LogP contribution in [0.5, 0.6) is 0 Å². The molecule has 0 saturated heterocycles. The molecule has 0 aliphatic carbocycles. The van der Waals surface area contributed by atoms with E-state index in [-0.39, 0.29) is 0 Å². The van der Waals surface area contributed by atoms with Crippen LogP contribution in [0, 0.1) is 0 Å². The molecule has 0 aromatic rings. The monoisotopic (exact) mass is 553 g/mol. The van der Waals surface area contributed by atoms with E-state index in [0.29, 0.717) is 0 Å². The van der Waals surface area contributed by atoms with E-state index in [0.717, 1.165) is 13.1 Å². The maximum atomic E-state index is 5.96. The average molecular weight is 553 g/mol. The number of nitrogens with zero attached hydrogens (tertiary/aromatic N) is 2. The van der Waals surface area contributed by atoms with Gasteiger partial charge < -0.3 is 0 Å². The van der Waals surface area contributed by atoms with Crippen LogP contribution in [0.25, 0.3) is 0 Å². The molecule has 0 saturated carbocycles. The van der Waals surface area contributed by atoms with Gasteiger partial charge in [0, 0.05) is 27.2 Å². The molecular weight excluding hydrogens is 476 g/mol. The van der Waals surface area contributed by atoms with Gasteiger partial charge in [0.05, 0.1) is 0 Å². The highest BCUT2D eigenvalue weighted by Crippen LogP contribution is 2.15. The first kappa shape index (κ1) is 38.9. The molecule has 0 N–H and O–H groups in total. The van der Waals surface area contributed by atoms with Crippen molar-refractivity contribution in [3.05, 3.63) is 0 Å². The van der Waals surface area contributed by atoms with Gasteiger partial charge in [0.15, 0.2) is 0 Å². The fourth-order valence-electron chi connectivity index (χ4n) is 5.73. The zero-order valence-corrected chi connectivity index (χ0v) is 27.9. The zero-order valence-electron chi connectivity index (χ0n) is 27.9. The van der Waals surface area contributed by atoms with E-state index in [1.165, 1.54) is 193 Å². The summed E-state index contributed by atoms with van der Waals surface area (Å²) in [5.41, 5.74) is 0. The Balaban J connectivity index is 3.26. The van der Waals surface area contributed by atoms with Crippen molar-refractivity contribution < 1.29 is 4.94 Å². The van der Waals surface area contributed by atoms with Crippen LogP contribution in [-0.2, 0) is 4.94 Å². The molecule has 0 aliphatic rings. The molecular formula is C36H76N2O. The summed E-state index contributed by atoms with van der Waals surface area (Å²) in [6, 6.07) is 0. The fourth-order valence-corrected chi connectivity index (χ4v) is 5.73. The Bertz CT molecular complexity index is 392. The lowest BCUT2D eigenvalue weighted by Gasteiger charge is -2.23. The Hall–Kier alpha value is -0.120. The lowest BCUT2D eigenvalue weighted by atomic mass is 10.0. The molecule has 3 nitrogen and oxygen atoms in total. The third kappa shape index (κ3) is 34.0. The number of unbranched alkanes of at least 4 members (excludes halogenated alkanes) is 28. The minimum absolute atomic E-state index is 1.04. The van der Waals surface area contributed by atoms with Crippen LogP contribution in [0.3, 0.4) is 0 Å². The van der Waals surface area contributed by atoms with Gasteiger partial charge in [-0.05, 0) is 12.8 Å². The van der Waals surface area contributed by atoms with E-state index in [2.05, 4.69) is 27.9 Å². The number of hydrogen-bond donors (Lipinski definition) is 0. The Labute approximate surface area is 248 Å². The van der Waals surface area contributed by atoms with Crippen molar-refractivity contribution in [2.75, 3.05) is 27.2 Å². The summed E-state index contributed by atoms with van der Waals surface area (Å²) in [4.78, 5) is 5.96. The molecule has 0 spiro atoms. The van der Waals surface area contributed by atoms with Crippen LogP contribution < -0.4 is 0 Å². The summed E-state index contributed by atoms with van der Waals surface area (Å²) >= 11 is 0. The Morgan fingerprint density at radius 1 is 0.282 bits per heavy atom. The Kier molecular flexibility index (Phi) is 34.0. The smallest absolute Gasteiger partial charge is 0.0256 e. The molecule has 0 radical (unpaired) electrons. The van der Waals surface area contributed by atoms with Crippen molar-refractivity contribution in [2.24, 2.45) is 0 Å². The summed E-state index contributed by atoms with van der Waals surface area (Å²) in [6.07, 6.45) is 42.6. The third-order valence-electron chi connectivity index (χ3n) is 8.43. The van der Waals surface area contributed by atoms with Gasteiger partial charge in [-0.1, -0.05) is 194 Å². The quantitative estimate of drug-likeness (QED) is 0.0583. The van der Waals surface area contributed by atoms with Crippen LogP contribution in [0.2, 0.25) is 0 Å². The Morgan fingerprint density at radius 3 is 0.667 bits per heavy atom. The molecule has 0 rings (SSSR count). The van der Waals surface area contributed by atoms with E-state index < -0.39 is 0 Å². The van der Waals surface area contributed by atoms with Crippen LogP contribution >= 0.6 is 0 Å². The normalized spacial score (nSPS) is 11.8. The second-order valence-electron chi connectivity index (χ2n) is 12.7. The lowest BCUT2D eigenvalue weighted by molar-refractivity contribution is -0.304. The van der Waals surface area contributed by atoms with Gasteiger partial charge in [0.1, 0.15) is 0 Å². The van der Waals surface area contributed by atoms with E-state index in [1.54, 1.807) is 0 Å². The number of hydrogen-bond acceptors (Lipinski definition) is 3. The van der Waals surface area contributed by atoms with Gasteiger partial charge in [0.2, 0.25) is 0 Å². The predicted octanol–water partition coefficient (Wildman–Crippen LogP) is 12.4. The largest absolute Gasteiger partial charge is 0.209 e. The molecule has 39 heavy (non-hydrogen) atoms. The van der Waals surface area contributed by atoms with Crippen molar-refractivity contribution >= 4 is 0 Å². The maximum Gasteiger partial charge on any atom is 0.0256 e. The highest BCUT2D eigenvalue weighted by atomic mass is 16.8. The van der Waals surface area contributed by atoms with Crippen molar-refractivity contribution in [3.8, 4) is 0 Å². The van der Waals surface area contributed by atoms with Gasteiger partial charge in [-0.3, -0.25) is 0 Å². The van der Waals surface area contributed by atoms with Gasteiger partial charge >= 0.3 is 0 Å². The molecule has 0 aromatic heterocycles. The molecule has 236 valence electrons. The third-order valence-corrected chi connectivity index (χ3v) is 8.43. The number of hydroxylamine groups is 4. The lowest BCUT2D eigenvalue weighted by Crippen LogP contribution is -2.31. The van der Waals surface area contributed by atoms with E-state index >= 15 is 0 Å². The summed E-state index contributed by atoms with van der Waals surface area (Å²) in [5.74, 6) is 0. The van der Waals surface area contributed by atoms with Gasteiger partial charge in [0.25, 0.3) is 0 Å². The van der Waals surface area contributed by atoms with Crippen molar-refractivity contribution in [1.82, 2.24) is 10.1 Å². The van der Waals surface area contributed by atoms with Crippen molar-refractivity contribution in [1.29, 1.82) is 0 Å².